The first kappa shape index (κ1) is 14.1. The predicted molar refractivity (Wildman–Crippen MR) is 86.1 cm³/mol. The number of halogens is 2. The van der Waals surface area contributed by atoms with Gasteiger partial charge in [0.25, 0.3) is 0 Å². The lowest BCUT2D eigenvalue weighted by molar-refractivity contribution is 0.252. The molecule has 0 amide bonds. The van der Waals surface area contributed by atoms with Crippen LogP contribution in [-0.4, -0.2) is 36.1 Å². The zero-order valence-electron chi connectivity index (χ0n) is 10.9. The highest BCUT2D eigenvalue weighted by Crippen LogP contribution is 2.26. The third-order valence-corrected chi connectivity index (χ3v) is 4.89. The summed E-state index contributed by atoms with van der Waals surface area (Å²) in [4.78, 5) is 10.1. The van der Waals surface area contributed by atoms with Crippen LogP contribution in [0.2, 0.25) is 9.49 Å². The van der Waals surface area contributed by atoms with E-state index in [1.165, 1.54) is 4.88 Å². The van der Waals surface area contributed by atoms with E-state index in [1.54, 1.807) is 11.3 Å². The minimum absolute atomic E-state index is 0.620. The van der Waals surface area contributed by atoms with Gasteiger partial charge in [0.15, 0.2) is 4.47 Å². The first-order valence-electron chi connectivity index (χ1n) is 6.54. The summed E-state index contributed by atoms with van der Waals surface area (Å²) in [6.45, 7) is 4.98. The molecule has 20 heavy (non-hydrogen) atoms. The summed E-state index contributed by atoms with van der Waals surface area (Å²) in [7, 11) is 0. The van der Waals surface area contributed by atoms with Crippen LogP contribution >= 0.6 is 34.5 Å². The number of benzene rings is 1. The monoisotopic (exact) mass is 327 g/mol. The molecule has 0 unspecified atom stereocenters. The van der Waals surface area contributed by atoms with Gasteiger partial charge in [-0.3, -0.25) is 4.90 Å². The molecular formula is C14H15Cl2N3S. The maximum Gasteiger partial charge on any atom is 0.183 e. The third kappa shape index (κ3) is 3.26. The van der Waals surface area contributed by atoms with Crippen LogP contribution in [0.3, 0.4) is 0 Å². The number of anilines is 1. The van der Waals surface area contributed by atoms with Crippen molar-refractivity contribution in [2.75, 3.05) is 31.1 Å². The number of hydrogen-bond acceptors (Lipinski definition) is 4. The molecule has 6 heteroatoms. The van der Waals surface area contributed by atoms with E-state index in [0.717, 1.165) is 43.4 Å². The fourth-order valence-corrected chi connectivity index (χ4v) is 3.71. The lowest BCUT2D eigenvalue weighted by Gasteiger charge is -2.36. The molecule has 2 aromatic rings. The number of rotatable bonds is 3. The molecule has 1 aromatic heterocycles. The Balaban J connectivity index is 1.58. The summed E-state index contributed by atoms with van der Waals surface area (Å²) in [6, 6.07) is 8.03. The molecule has 0 atom stereocenters. The Kier molecular flexibility index (Phi) is 4.46. The number of hydrogen-bond donors (Lipinski definition) is 0. The van der Waals surface area contributed by atoms with Crippen molar-refractivity contribution in [2.45, 2.75) is 6.54 Å². The highest BCUT2D eigenvalue weighted by molar-refractivity contribution is 7.15. The molecule has 1 aromatic carbocycles. The molecule has 3 rings (SSSR count). The minimum atomic E-state index is 0.620. The second kappa shape index (κ2) is 6.31. The van der Waals surface area contributed by atoms with Crippen molar-refractivity contribution in [3.63, 3.8) is 0 Å². The van der Waals surface area contributed by atoms with E-state index in [0.29, 0.717) is 4.47 Å². The van der Waals surface area contributed by atoms with Crippen LogP contribution in [0.1, 0.15) is 4.88 Å². The van der Waals surface area contributed by atoms with Gasteiger partial charge < -0.3 is 4.90 Å². The van der Waals surface area contributed by atoms with Gasteiger partial charge in [0.1, 0.15) is 0 Å². The van der Waals surface area contributed by atoms with Gasteiger partial charge >= 0.3 is 0 Å². The molecule has 0 spiro atoms. The third-order valence-electron chi connectivity index (χ3n) is 3.47. The fraction of sp³-hybridized carbons (Fsp3) is 0.357. The lowest BCUT2D eigenvalue weighted by Crippen LogP contribution is -2.45. The van der Waals surface area contributed by atoms with Crippen molar-refractivity contribution >= 4 is 40.2 Å². The van der Waals surface area contributed by atoms with Crippen molar-refractivity contribution in [3.05, 3.63) is 44.8 Å². The second-order valence-electron chi connectivity index (χ2n) is 4.79. The van der Waals surface area contributed by atoms with Crippen molar-refractivity contribution in [3.8, 4) is 0 Å². The summed E-state index contributed by atoms with van der Waals surface area (Å²) in [5.74, 6) is 0. The summed E-state index contributed by atoms with van der Waals surface area (Å²) in [5.41, 5.74) is 1.13. The van der Waals surface area contributed by atoms with Gasteiger partial charge in [-0.2, -0.15) is 0 Å². The van der Waals surface area contributed by atoms with Gasteiger partial charge in [-0.15, -0.1) is 11.3 Å². The average molecular weight is 328 g/mol. The molecule has 2 heterocycles. The number of thiazole rings is 1. The summed E-state index contributed by atoms with van der Waals surface area (Å²) in [6.07, 6.45) is 1.87. The van der Waals surface area contributed by atoms with Crippen molar-refractivity contribution in [1.82, 2.24) is 9.88 Å². The summed E-state index contributed by atoms with van der Waals surface area (Å²) in [5, 5.41) is 0.829. The van der Waals surface area contributed by atoms with E-state index >= 15 is 0 Å². The van der Waals surface area contributed by atoms with Crippen LogP contribution in [0.25, 0.3) is 0 Å². The molecule has 0 radical (unpaired) electrons. The van der Waals surface area contributed by atoms with Crippen LogP contribution < -0.4 is 4.90 Å². The first-order valence-corrected chi connectivity index (χ1v) is 8.11. The molecule has 1 saturated heterocycles. The van der Waals surface area contributed by atoms with Crippen molar-refractivity contribution in [1.29, 1.82) is 0 Å². The number of nitrogens with zero attached hydrogens (tertiary/aromatic N) is 3. The van der Waals surface area contributed by atoms with Gasteiger partial charge in [0, 0.05) is 43.8 Å². The Morgan fingerprint density at radius 2 is 1.85 bits per heavy atom. The summed E-state index contributed by atoms with van der Waals surface area (Å²) >= 11 is 13.7. The molecular weight excluding hydrogens is 313 g/mol. The molecule has 3 nitrogen and oxygen atoms in total. The topological polar surface area (TPSA) is 19.4 Å². The zero-order valence-corrected chi connectivity index (χ0v) is 13.3. The zero-order chi connectivity index (χ0) is 13.9. The van der Waals surface area contributed by atoms with E-state index in [2.05, 4.69) is 20.9 Å². The number of aromatic nitrogens is 1. The molecule has 0 aliphatic carbocycles. The lowest BCUT2D eigenvalue weighted by atomic mass is 10.2. The highest BCUT2D eigenvalue weighted by Gasteiger charge is 2.19. The maximum absolute atomic E-state index is 6.25. The van der Waals surface area contributed by atoms with E-state index in [9.17, 15) is 0 Å². The second-order valence-corrected chi connectivity index (χ2v) is 6.90. The SMILES string of the molecule is Clc1ncc(CN2CCN(c3ccccc3Cl)CC2)s1. The Bertz CT molecular complexity index is 579. The quantitative estimate of drug-likeness (QED) is 0.855. The average Bonchev–Trinajstić information content (AvgIpc) is 2.86. The minimum Gasteiger partial charge on any atom is -0.368 e. The van der Waals surface area contributed by atoms with E-state index in [1.807, 2.05) is 24.4 Å². The highest BCUT2D eigenvalue weighted by atomic mass is 35.5. The van der Waals surface area contributed by atoms with Gasteiger partial charge in [-0.05, 0) is 12.1 Å². The van der Waals surface area contributed by atoms with E-state index in [4.69, 9.17) is 23.2 Å². The van der Waals surface area contributed by atoms with Crippen LogP contribution in [0.5, 0.6) is 0 Å². The van der Waals surface area contributed by atoms with Gasteiger partial charge in [-0.25, -0.2) is 4.98 Å². The van der Waals surface area contributed by atoms with E-state index < -0.39 is 0 Å². The Morgan fingerprint density at radius 3 is 2.50 bits per heavy atom. The first-order chi connectivity index (χ1) is 9.72. The number of para-hydroxylation sites is 1. The van der Waals surface area contributed by atoms with Gasteiger partial charge in [0.05, 0.1) is 10.7 Å². The standard InChI is InChI=1S/C14H15Cl2N3S/c15-12-3-1-2-4-13(12)19-7-5-18(6-8-19)10-11-9-17-14(16)20-11/h1-4,9H,5-8,10H2. The molecule has 106 valence electrons. The molecule has 1 aliphatic heterocycles. The van der Waals surface area contributed by atoms with Gasteiger partial charge in [-0.1, -0.05) is 35.3 Å². The van der Waals surface area contributed by atoms with Crippen molar-refractivity contribution < 1.29 is 0 Å². The van der Waals surface area contributed by atoms with E-state index in [-0.39, 0.29) is 0 Å². The Morgan fingerprint density at radius 1 is 1.10 bits per heavy atom. The van der Waals surface area contributed by atoms with Crippen LogP contribution in [0, 0.1) is 0 Å². The fourth-order valence-electron chi connectivity index (χ4n) is 2.43. The molecule has 0 N–H and O–H groups in total. The molecule has 0 saturated carbocycles. The van der Waals surface area contributed by atoms with Gasteiger partial charge in [0.2, 0.25) is 0 Å². The van der Waals surface area contributed by atoms with Crippen molar-refractivity contribution in [2.24, 2.45) is 0 Å². The summed E-state index contributed by atoms with van der Waals surface area (Å²) < 4.78 is 0.620. The maximum atomic E-state index is 6.25. The predicted octanol–water partition coefficient (Wildman–Crippen LogP) is 3.77. The Hall–Kier alpha value is -0.810. The molecule has 1 aliphatic rings. The van der Waals surface area contributed by atoms with Crippen LogP contribution in [0.15, 0.2) is 30.5 Å². The van der Waals surface area contributed by atoms with Crippen LogP contribution in [-0.2, 0) is 6.54 Å². The van der Waals surface area contributed by atoms with Crippen LogP contribution in [0.4, 0.5) is 5.69 Å². The smallest absolute Gasteiger partial charge is 0.183 e. The normalized spacial score (nSPS) is 16.6. The molecule has 0 bridgehead atoms. The number of piperazine rings is 1. The Labute approximate surface area is 132 Å². The molecule has 1 fully saturated rings. The largest absolute Gasteiger partial charge is 0.368 e.